The summed E-state index contributed by atoms with van der Waals surface area (Å²) in [5.41, 5.74) is 1.04. The molecule has 2 N–H and O–H groups in total. The molecule has 3 amide bonds. The molecule has 1 aliphatic heterocycles. The topological polar surface area (TPSA) is 109 Å². The van der Waals surface area contributed by atoms with Crippen molar-refractivity contribution in [1.29, 1.82) is 0 Å². The molecule has 0 bridgehead atoms. The van der Waals surface area contributed by atoms with Gasteiger partial charge in [0.2, 0.25) is 11.8 Å². The van der Waals surface area contributed by atoms with E-state index in [-0.39, 0.29) is 37.6 Å². The molecule has 1 saturated heterocycles. The van der Waals surface area contributed by atoms with E-state index in [0.29, 0.717) is 37.9 Å². The van der Waals surface area contributed by atoms with Crippen molar-refractivity contribution in [2.24, 2.45) is 0 Å². The summed E-state index contributed by atoms with van der Waals surface area (Å²) in [6.45, 7) is 0.797. The number of amides is 3. The Morgan fingerprint density at radius 2 is 1.83 bits per heavy atom. The minimum atomic E-state index is -4.47. The van der Waals surface area contributed by atoms with Crippen LogP contribution in [0.3, 0.4) is 0 Å². The zero-order chi connectivity index (χ0) is 24.7. The summed E-state index contributed by atoms with van der Waals surface area (Å²) in [6, 6.07) is 8.49. The molecule has 0 unspecified atom stereocenters. The SMILES string of the molecule is O=C(O)CCC(=O)NC(=O)N1CCC(=Cc2cccc(Oc3ccc(C(F)(F)F)cn3)c2)CC1.[LiH]. The maximum absolute atomic E-state index is 12.7. The fourth-order valence-electron chi connectivity index (χ4n) is 3.26. The number of nitrogens with one attached hydrogen (secondary N) is 1. The van der Waals surface area contributed by atoms with Crippen LogP contribution in [0.2, 0.25) is 0 Å². The molecule has 182 valence electrons. The number of imide groups is 1. The predicted molar refractivity (Wildman–Crippen MR) is 122 cm³/mol. The summed E-state index contributed by atoms with van der Waals surface area (Å²) < 4.78 is 43.5. The summed E-state index contributed by atoms with van der Waals surface area (Å²) in [5, 5.41) is 10.8. The number of aromatic nitrogens is 1. The van der Waals surface area contributed by atoms with Crippen molar-refractivity contribution in [2.45, 2.75) is 31.9 Å². The second kappa shape index (κ2) is 12.4. The van der Waals surface area contributed by atoms with Gasteiger partial charge in [0.05, 0.1) is 12.0 Å². The van der Waals surface area contributed by atoms with Crippen LogP contribution in [0.15, 0.2) is 48.2 Å². The van der Waals surface area contributed by atoms with Gasteiger partial charge in [-0.25, -0.2) is 9.78 Å². The molecule has 3 rings (SSSR count). The van der Waals surface area contributed by atoms with Gasteiger partial charge in [0.1, 0.15) is 5.75 Å². The third-order valence-electron chi connectivity index (χ3n) is 5.02. The zero-order valence-corrected chi connectivity index (χ0v) is 18.0. The minimum absolute atomic E-state index is 0. The second-order valence-corrected chi connectivity index (χ2v) is 7.59. The fraction of sp³-hybridized carbons (Fsp3) is 0.304. The van der Waals surface area contributed by atoms with Crippen LogP contribution in [0.4, 0.5) is 18.0 Å². The number of carbonyl (C=O) groups excluding carboxylic acids is 2. The Morgan fingerprint density at radius 3 is 2.43 bits per heavy atom. The van der Waals surface area contributed by atoms with Crippen LogP contribution >= 0.6 is 0 Å². The Hall–Kier alpha value is -3.29. The predicted octanol–water partition coefficient (Wildman–Crippen LogP) is 3.82. The second-order valence-electron chi connectivity index (χ2n) is 7.59. The fourth-order valence-corrected chi connectivity index (χ4v) is 3.26. The van der Waals surface area contributed by atoms with Crippen molar-refractivity contribution in [1.82, 2.24) is 15.2 Å². The molecular weight excluding hydrogens is 462 g/mol. The van der Waals surface area contributed by atoms with Crippen molar-refractivity contribution in [3.8, 4) is 11.6 Å². The van der Waals surface area contributed by atoms with E-state index in [1.54, 1.807) is 18.2 Å². The van der Waals surface area contributed by atoms with Crippen molar-refractivity contribution in [2.75, 3.05) is 13.1 Å². The first-order valence-electron chi connectivity index (χ1n) is 10.4. The van der Waals surface area contributed by atoms with Gasteiger partial charge in [0, 0.05) is 31.8 Å². The summed E-state index contributed by atoms with van der Waals surface area (Å²) in [4.78, 5) is 39.5. The van der Waals surface area contributed by atoms with Gasteiger partial charge in [-0.2, -0.15) is 13.2 Å². The average Bonchev–Trinajstić information content (AvgIpc) is 2.78. The number of ether oxygens (including phenoxy) is 1. The summed E-state index contributed by atoms with van der Waals surface area (Å²) in [5.74, 6) is -1.29. The first-order valence-corrected chi connectivity index (χ1v) is 10.4. The van der Waals surface area contributed by atoms with E-state index in [1.165, 1.54) is 4.90 Å². The van der Waals surface area contributed by atoms with Gasteiger partial charge < -0.3 is 14.7 Å². The van der Waals surface area contributed by atoms with E-state index in [2.05, 4.69) is 10.3 Å². The number of benzene rings is 1. The normalized spacial score (nSPS) is 13.5. The number of carboxylic acids is 1. The van der Waals surface area contributed by atoms with Crippen LogP contribution in [0.1, 0.15) is 36.8 Å². The van der Waals surface area contributed by atoms with E-state index in [4.69, 9.17) is 9.84 Å². The van der Waals surface area contributed by atoms with Gasteiger partial charge in [-0.15, -0.1) is 0 Å². The first kappa shape index (κ1) is 27.9. The van der Waals surface area contributed by atoms with Crippen LogP contribution in [0.25, 0.3) is 6.08 Å². The molecule has 0 spiro atoms. The molecule has 1 aromatic carbocycles. The van der Waals surface area contributed by atoms with E-state index in [9.17, 15) is 27.6 Å². The summed E-state index contributed by atoms with van der Waals surface area (Å²) in [6.07, 6.45) is -1.25. The van der Waals surface area contributed by atoms with Crippen molar-refractivity contribution in [3.05, 3.63) is 59.3 Å². The molecule has 0 radical (unpaired) electrons. The number of hydrogen-bond donors (Lipinski definition) is 2. The van der Waals surface area contributed by atoms with Crippen molar-refractivity contribution in [3.63, 3.8) is 0 Å². The van der Waals surface area contributed by atoms with Crippen LogP contribution in [0.5, 0.6) is 11.6 Å². The zero-order valence-electron chi connectivity index (χ0n) is 18.0. The average molecular weight is 485 g/mol. The standard InChI is InChI=1S/C23H22F3N3O5.Li.H/c24-23(25,26)17-4-6-20(27-14-17)34-18-3-1-2-16(13-18)12-15-8-10-29(11-9-15)22(33)28-19(30)5-7-21(31)32;;/h1-4,6,12-14H,5,7-11H2,(H,31,32)(H,28,30,33);;. The van der Waals surface area contributed by atoms with E-state index in [1.807, 2.05) is 12.1 Å². The van der Waals surface area contributed by atoms with Gasteiger partial charge in [0.25, 0.3) is 0 Å². The molecule has 0 saturated carbocycles. The number of carboxylic acid groups (broad SMARTS) is 1. The number of urea groups is 1. The van der Waals surface area contributed by atoms with E-state index < -0.39 is 29.6 Å². The molecule has 1 fully saturated rings. The van der Waals surface area contributed by atoms with Crippen molar-refractivity contribution >= 4 is 42.8 Å². The number of carbonyl (C=O) groups is 3. The Morgan fingerprint density at radius 1 is 1.11 bits per heavy atom. The van der Waals surface area contributed by atoms with Gasteiger partial charge in [0.15, 0.2) is 0 Å². The van der Waals surface area contributed by atoms with Gasteiger partial charge in [-0.1, -0.05) is 23.8 Å². The van der Waals surface area contributed by atoms with Crippen LogP contribution in [0, 0.1) is 0 Å². The molecule has 0 aliphatic carbocycles. The third-order valence-corrected chi connectivity index (χ3v) is 5.02. The quantitative estimate of drug-likeness (QED) is 0.603. The summed E-state index contributed by atoms with van der Waals surface area (Å²) in [7, 11) is 0. The summed E-state index contributed by atoms with van der Waals surface area (Å²) >= 11 is 0. The van der Waals surface area contributed by atoms with Crippen LogP contribution in [-0.2, 0) is 15.8 Å². The Kier molecular flexibility index (Phi) is 9.92. The molecule has 2 heterocycles. The number of rotatable bonds is 6. The molecule has 8 nitrogen and oxygen atoms in total. The molecule has 1 aromatic heterocycles. The van der Waals surface area contributed by atoms with Crippen molar-refractivity contribution < 1.29 is 37.4 Å². The Balaban J connectivity index is 0.00000432. The number of hydrogen-bond acceptors (Lipinski definition) is 5. The van der Waals surface area contributed by atoms with Gasteiger partial charge in [-0.05, 0) is 36.6 Å². The Labute approximate surface area is 211 Å². The number of nitrogens with zero attached hydrogens (tertiary/aromatic N) is 2. The molecule has 2 aromatic rings. The van der Waals surface area contributed by atoms with E-state index in [0.717, 1.165) is 23.3 Å². The number of halogens is 3. The molecular formula is C23H23F3LiN3O5. The van der Waals surface area contributed by atoms with Gasteiger partial charge in [-0.3, -0.25) is 14.9 Å². The number of likely N-dealkylation sites (tertiary alicyclic amines) is 1. The third kappa shape index (κ3) is 8.77. The van der Waals surface area contributed by atoms with Gasteiger partial charge >= 0.3 is 37.0 Å². The maximum atomic E-state index is 12.7. The number of pyridine rings is 1. The number of piperidine rings is 1. The first-order chi connectivity index (χ1) is 16.1. The molecule has 12 heteroatoms. The molecule has 0 atom stereocenters. The monoisotopic (exact) mass is 485 g/mol. The number of alkyl halides is 3. The van der Waals surface area contributed by atoms with Crippen LogP contribution in [-0.4, -0.2) is 64.8 Å². The number of aliphatic carboxylic acids is 1. The van der Waals surface area contributed by atoms with E-state index >= 15 is 0 Å². The molecule has 35 heavy (non-hydrogen) atoms. The van der Waals surface area contributed by atoms with Crippen LogP contribution < -0.4 is 10.1 Å². The Bertz CT molecular complexity index is 1080. The molecule has 1 aliphatic rings.